The fourth-order valence-corrected chi connectivity index (χ4v) is 3.48. The number of hydrogen-bond donors (Lipinski definition) is 1. The molecule has 0 aliphatic rings. The molecule has 0 amide bonds. The Kier molecular flexibility index (Phi) is 9.91. The number of carboxylic acids is 1. The Labute approximate surface area is 207 Å². The maximum atomic E-state index is 12.8. The van der Waals surface area contributed by atoms with Crippen LogP contribution in [0.4, 0.5) is 5.69 Å². The van der Waals surface area contributed by atoms with E-state index >= 15 is 0 Å². The molecule has 0 fully saturated rings. The van der Waals surface area contributed by atoms with Crippen molar-refractivity contribution in [2.45, 2.75) is 39.5 Å². The van der Waals surface area contributed by atoms with E-state index in [9.17, 15) is 14.7 Å². The van der Waals surface area contributed by atoms with E-state index in [1.54, 1.807) is 57.1 Å². The topological polar surface area (TPSA) is 91.8 Å². The Morgan fingerprint density at radius 3 is 2.03 bits per heavy atom. The minimum atomic E-state index is -1.02. The van der Waals surface area contributed by atoms with Gasteiger partial charge in [0, 0.05) is 44.5 Å². The number of aliphatic carboxylic acids is 1. The Morgan fingerprint density at radius 1 is 0.886 bits per heavy atom. The van der Waals surface area contributed by atoms with Gasteiger partial charge in [-0.1, -0.05) is 18.2 Å². The van der Waals surface area contributed by atoms with Gasteiger partial charge in [0.2, 0.25) is 0 Å². The summed E-state index contributed by atoms with van der Waals surface area (Å²) in [6.07, 6.45) is 0. The summed E-state index contributed by atoms with van der Waals surface area (Å²) >= 11 is 0. The van der Waals surface area contributed by atoms with E-state index in [-0.39, 0.29) is 19.6 Å². The molecule has 0 aliphatic heterocycles. The summed E-state index contributed by atoms with van der Waals surface area (Å²) in [5.41, 5.74) is 2.06. The molecule has 0 aliphatic carbocycles. The second-order valence-corrected chi connectivity index (χ2v) is 9.36. The molecular weight excluding hydrogens is 450 g/mol. The van der Waals surface area contributed by atoms with E-state index in [0.29, 0.717) is 18.0 Å². The van der Waals surface area contributed by atoms with Gasteiger partial charge in [0.1, 0.15) is 30.2 Å². The van der Waals surface area contributed by atoms with Crippen LogP contribution >= 0.6 is 0 Å². The molecule has 0 bridgehead atoms. The van der Waals surface area contributed by atoms with Gasteiger partial charge in [-0.05, 0) is 44.5 Å². The number of carbonyl (C=O) groups excluding carboxylic acids is 1. The molecule has 1 N–H and O–H groups in total. The number of benzene rings is 2. The van der Waals surface area contributed by atoms with Gasteiger partial charge >= 0.3 is 11.9 Å². The first-order chi connectivity index (χ1) is 16.4. The molecule has 9 heteroatoms. The van der Waals surface area contributed by atoms with Crippen molar-refractivity contribution in [1.29, 1.82) is 0 Å². The number of carbonyl (C=O) groups is 2. The van der Waals surface area contributed by atoms with Crippen molar-refractivity contribution in [2.75, 3.05) is 46.3 Å². The molecule has 2 rings (SSSR count). The van der Waals surface area contributed by atoms with Crippen LogP contribution < -0.4 is 14.4 Å². The highest BCUT2D eigenvalue weighted by molar-refractivity contribution is 5.72. The number of ether oxygens (including phenoxy) is 3. The quantitative estimate of drug-likeness (QED) is 0.357. The average molecular weight is 488 g/mol. The number of hydrogen-bond acceptors (Lipinski definition) is 8. The van der Waals surface area contributed by atoms with E-state index in [4.69, 9.17) is 14.2 Å². The molecule has 0 unspecified atom stereocenters. The van der Waals surface area contributed by atoms with Crippen molar-refractivity contribution in [1.82, 2.24) is 10.0 Å². The summed E-state index contributed by atoms with van der Waals surface area (Å²) in [5.74, 6) is -0.275. The second kappa shape index (κ2) is 12.4. The van der Waals surface area contributed by atoms with Crippen LogP contribution in [-0.4, -0.2) is 74.1 Å². The van der Waals surface area contributed by atoms with Gasteiger partial charge in [0.25, 0.3) is 0 Å². The van der Waals surface area contributed by atoms with Crippen LogP contribution in [0.25, 0.3) is 0 Å². The van der Waals surface area contributed by atoms with E-state index in [1.807, 2.05) is 49.3 Å². The van der Waals surface area contributed by atoms with Crippen molar-refractivity contribution in [3.05, 3.63) is 53.6 Å². The van der Waals surface area contributed by atoms with Crippen LogP contribution in [0.1, 0.15) is 31.9 Å². The third-order valence-corrected chi connectivity index (χ3v) is 5.11. The lowest BCUT2D eigenvalue weighted by Crippen LogP contribution is -2.47. The van der Waals surface area contributed by atoms with Crippen molar-refractivity contribution >= 4 is 17.6 Å². The molecule has 0 atom stereocenters. The molecule has 0 radical (unpaired) electrons. The van der Waals surface area contributed by atoms with Crippen molar-refractivity contribution in [3.8, 4) is 11.5 Å². The fourth-order valence-electron chi connectivity index (χ4n) is 3.48. The molecule has 0 spiro atoms. The molecule has 0 aromatic heterocycles. The number of methoxy groups -OCH3 is 2. The molecule has 35 heavy (non-hydrogen) atoms. The van der Waals surface area contributed by atoms with Crippen LogP contribution in [0.3, 0.4) is 0 Å². The van der Waals surface area contributed by atoms with Crippen LogP contribution in [0.15, 0.2) is 42.5 Å². The largest absolute Gasteiger partial charge is 0.497 e. The Balaban J connectivity index is 2.40. The minimum Gasteiger partial charge on any atom is -0.497 e. The van der Waals surface area contributed by atoms with Crippen LogP contribution in [-0.2, 0) is 27.4 Å². The number of rotatable bonds is 12. The summed E-state index contributed by atoms with van der Waals surface area (Å²) in [5, 5.41) is 13.0. The zero-order chi connectivity index (χ0) is 26.2. The third kappa shape index (κ3) is 9.11. The molecular formula is C26H37N3O6. The van der Waals surface area contributed by atoms with Crippen molar-refractivity contribution in [3.63, 3.8) is 0 Å². The van der Waals surface area contributed by atoms with Crippen LogP contribution in [0, 0.1) is 0 Å². The number of esters is 1. The molecule has 0 heterocycles. The summed E-state index contributed by atoms with van der Waals surface area (Å²) in [6.45, 7) is 5.49. The van der Waals surface area contributed by atoms with Gasteiger partial charge in [-0.2, -0.15) is 0 Å². The molecule has 2 aromatic rings. The molecule has 192 valence electrons. The second-order valence-electron chi connectivity index (χ2n) is 9.36. The van der Waals surface area contributed by atoms with Crippen molar-refractivity contribution in [2.24, 2.45) is 0 Å². The van der Waals surface area contributed by atoms with Gasteiger partial charge in [-0.25, -0.2) is 10.0 Å². The Hall–Kier alpha value is -3.30. The smallest absolute Gasteiger partial charge is 0.322 e. The van der Waals surface area contributed by atoms with Gasteiger partial charge in [-0.3, -0.25) is 9.59 Å². The van der Waals surface area contributed by atoms with Crippen molar-refractivity contribution < 1.29 is 28.9 Å². The summed E-state index contributed by atoms with van der Waals surface area (Å²) in [4.78, 5) is 26.6. The lowest BCUT2D eigenvalue weighted by Gasteiger charge is -2.34. The summed E-state index contributed by atoms with van der Waals surface area (Å²) in [7, 11) is 7.03. The molecule has 2 aromatic carbocycles. The SMILES string of the molecule is COc1ccc(CN(CC(=O)O)N(CC(=O)OC(C)(C)C)Cc2ccc(N(C)C)cc2)c(OC)c1. The lowest BCUT2D eigenvalue weighted by molar-refractivity contribution is -0.166. The zero-order valence-electron chi connectivity index (χ0n) is 21.7. The maximum absolute atomic E-state index is 12.8. The third-order valence-electron chi connectivity index (χ3n) is 5.11. The first-order valence-electron chi connectivity index (χ1n) is 11.3. The summed E-state index contributed by atoms with van der Waals surface area (Å²) < 4.78 is 16.3. The number of anilines is 1. The van der Waals surface area contributed by atoms with Crippen LogP contribution in [0.2, 0.25) is 0 Å². The Bertz CT molecular complexity index is 986. The first kappa shape index (κ1) is 27.9. The van der Waals surface area contributed by atoms with E-state index in [2.05, 4.69) is 0 Å². The predicted molar refractivity (Wildman–Crippen MR) is 135 cm³/mol. The standard InChI is InChI=1S/C26H37N3O6/c1-26(2,3)35-25(32)18-28(15-19-8-11-21(12-9-19)27(4)5)29(17-24(30)31)16-20-10-13-22(33-6)14-23(20)34-7/h8-14H,15-18H2,1-7H3,(H,30,31). The lowest BCUT2D eigenvalue weighted by atomic mass is 10.1. The average Bonchev–Trinajstić information content (AvgIpc) is 2.77. The highest BCUT2D eigenvalue weighted by Crippen LogP contribution is 2.27. The zero-order valence-corrected chi connectivity index (χ0v) is 21.7. The minimum absolute atomic E-state index is 0.113. The normalized spacial score (nSPS) is 11.5. The first-order valence-corrected chi connectivity index (χ1v) is 11.3. The van der Waals surface area contributed by atoms with Gasteiger partial charge in [0.15, 0.2) is 0 Å². The van der Waals surface area contributed by atoms with E-state index in [0.717, 1.165) is 16.8 Å². The van der Waals surface area contributed by atoms with Gasteiger partial charge < -0.3 is 24.2 Å². The molecule has 0 saturated carbocycles. The van der Waals surface area contributed by atoms with E-state index in [1.165, 1.54) is 0 Å². The number of carboxylic acid groups (broad SMARTS) is 1. The summed E-state index contributed by atoms with van der Waals surface area (Å²) in [6, 6.07) is 13.2. The molecule has 9 nitrogen and oxygen atoms in total. The highest BCUT2D eigenvalue weighted by atomic mass is 16.6. The number of nitrogens with zero attached hydrogens (tertiary/aromatic N) is 3. The molecule has 0 saturated heterocycles. The fraction of sp³-hybridized carbons (Fsp3) is 0.462. The number of hydrazine groups is 1. The Morgan fingerprint density at radius 2 is 1.51 bits per heavy atom. The monoisotopic (exact) mass is 487 g/mol. The van der Waals surface area contributed by atoms with Gasteiger partial charge in [0.05, 0.1) is 14.2 Å². The predicted octanol–water partition coefficient (Wildman–Crippen LogP) is 3.42. The van der Waals surface area contributed by atoms with E-state index < -0.39 is 17.5 Å². The maximum Gasteiger partial charge on any atom is 0.322 e. The van der Waals surface area contributed by atoms with Crippen LogP contribution in [0.5, 0.6) is 11.5 Å². The van der Waals surface area contributed by atoms with Gasteiger partial charge in [-0.15, -0.1) is 0 Å². The highest BCUT2D eigenvalue weighted by Gasteiger charge is 2.26.